The van der Waals surface area contributed by atoms with Crippen LogP contribution in [-0.4, -0.2) is 25.3 Å². The third-order valence-electron chi connectivity index (χ3n) is 4.24. The number of hydrogen-bond donors (Lipinski definition) is 0. The van der Waals surface area contributed by atoms with Crippen LogP contribution in [0.5, 0.6) is 5.75 Å². The van der Waals surface area contributed by atoms with Gasteiger partial charge in [0, 0.05) is 17.6 Å². The van der Waals surface area contributed by atoms with Crippen molar-refractivity contribution in [3.8, 4) is 17.0 Å². The topological polar surface area (TPSA) is 31.4 Å². The summed E-state index contributed by atoms with van der Waals surface area (Å²) < 4.78 is 24.6. The van der Waals surface area contributed by atoms with Crippen LogP contribution in [0.25, 0.3) is 11.3 Å². The Bertz CT molecular complexity index is 665. The highest BCUT2D eigenvalue weighted by molar-refractivity contribution is 7.12. The van der Waals surface area contributed by atoms with Gasteiger partial charge in [-0.2, -0.15) is 0 Å². The monoisotopic (exact) mass is 335 g/mol. The molecule has 0 radical (unpaired) electrons. The molecule has 2 aromatic rings. The van der Waals surface area contributed by atoms with E-state index in [4.69, 9.17) is 9.47 Å². The quantitative estimate of drug-likeness (QED) is 0.701. The summed E-state index contributed by atoms with van der Waals surface area (Å²) in [5.41, 5.74) is 1.79. The van der Waals surface area contributed by atoms with E-state index in [0.717, 1.165) is 16.3 Å². The van der Waals surface area contributed by atoms with Crippen molar-refractivity contribution in [2.24, 2.45) is 0 Å². The number of benzene rings is 1. The van der Waals surface area contributed by atoms with Crippen LogP contribution in [0.3, 0.4) is 0 Å². The molecular formula is C18H22FNO2S. The molecule has 1 aromatic carbocycles. The molecule has 1 aliphatic carbocycles. The summed E-state index contributed by atoms with van der Waals surface area (Å²) in [4.78, 5) is 5.98. The molecule has 0 saturated heterocycles. The summed E-state index contributed by atoms with van der Waals surface area (Å²) in [6.07, 6.45) is 4.99. The zero-order chi connectivity index (χ0) is 16.2. The standard InChI is InChI=1S/C18H22FNO2S/c1-12-20-17(18(23-12)13-5-3-4-6-13)14-7-8-16(15(19)11-14)22-10-9-21-2/h7-8,11,13H,3-6,9-10H2,1-2H3. The highest BCUT2D eigenvalue weighted by atomic mass is 32.1. The van der Waals surface area contributed by atoms with E-state index < -0.39 is 0 Å². The van der Waals surface area contributed by atoms with Crippen LogP contribution in [0.1, 0.15) is 41.5 Å². The van der Waals surface area contributed by atoms with Crippen molar-refractivity contribution in [1.29, 1.82) is 0 Å². The first-order valence-corrected chi connectivity index (χ1v) is 8.89. The average molecular weight is 335 g/mol. The van der Waals surface area contributed by atoms with Gasteiger partial charge in [-0.15, -0.1) is 11.3 Å². The van der Waals surface area contributed by atoms with Crippen molar-refractivity contribution in [1.82, 2.24) is 4.98 Å². The van der Waals surface area contributed by atoms with Gasteiger partial charge in [-0.25, -0.2) is 9.37 Å². The molecule has 3 rings (SSSR count). The Labute approximate surface area is 140 Å². The molecule has 1 saturated carbocycles. The van der Waals surface area contributed by atoms with Crippen LogP contribution in [0, 0.1) is 12.7 Å². The number of rotatable bonds is 6. The first-order valence-electron chi connectivity index (χ1n) is 8.08. The SMILES string of the molecule is COCCOc1ccc(-c2nc(C)sc2C2CCCC2)cc1F. The van der Waals surface area contributed by atoms with Crippen LogP contribution in [0.15, 0.2) is 18.2 Å². The molecule has 3 nitrogen and oxygen atoms in total. The molecule has 0 unspecified atom stereocenters. The van der Waals surface area contributed by atoms with E-state index >= 15 is 0 Å². The molecule has 124 valence electrons. The van der Waals surface area contributed by atoms with Gasteiger partial charge in [0.25, 0.3) is 0 Å². The van der Waals surface area contributed by atoms with Crippen molar-refractivity contribution in [3.05, 3.63) is 33.9 Å². The highest BCUT2D eigenvalue weighted by Gasteiger charge is 2.24. The lowest BCUT2D eigenvalue weighted by molar-refractivity contribution is 0.144. The minimum atomic E-state index is -0.346. The number of ether oxygens (including phenoxy) is 2. The normalized spacial score (nSPS) is 15.3. The summed E-state index contributed by atoms with van der Waals surface area (Å²) in [6.45, 7) is 2.80. The van der Waals surface area contributed by atoms with Gasteiger partial charge in [-0.05, 0) is 43.9 Å². The van der Waals surface area contributed by atoms with Crippen molar-refractivity contribution in [3.63, 3.8) is 0 Å². The molecule has 1 fully saturated rings. The van der Waals surface area contributed by atoms with Gasteiger partial charge < -0.3 is 9.47 Å². The van der Waals surface area contributed by atoms with Crippen molar-refractivity contribution in [2.75, 3.05) is 20.3 Å². The van der Waals surface area contributed by atoms with Crippen LogP contribution in [0.2, 0.25) is 0 Å². The molecule has 1 aromatic heterocycles. The van der Waals surface area contributed by atoms with Crippen LogP contribution in [0.4, 0.5) is 4.39 Å². The number of aromatic nitrogens is 1. The van der Waals surface area contributed by atoms with Crippen LogP contribution in [-0.2, 0) is 4.74 Å². The molecule has 0 spiro atoms. The van der Waals surface area contributed by atoms with E-state index in [1.54, 1.807) is 24.5 Å². The van der Waals surface area contributed by atoms with Gasteiger partial charge in [-0.1, -0.05) is 12.8 Å². The summed E-state index contributed by atoms with van der Waals surface area (Å²) >= 11 is 1.75. The molecule has 0 atom stereocenters. The predicted octanol–water partition coefficient (Wildman–Crippen LogP) is 4.94. The lowest BCUT2D eigenvalue weighted by atomic mass is 10.0. The number of methoxy groups -OCH3 is 1. The third kappa shape index (κ3) is 3.72. The Morgan fingerprint density at radius 2 is 2.04 bits per heavy atom. The average Bonchev–Trinajstić information content (AvgIpc) is 3.18. The Morgan fingerprint density at radius 1 is 1.26 bits per heavy atom. The zero-order valence-electron chi connectivity index (χ0n) is 13.6. The molecule has 23 heavy (non-hydrogen) atoms. The molecule has 0 aliphatic heterocycles. The van der Waals surface area contributed by atoms with Gasteiger partial charge in [0.05, 0.1) is 17.3 Å². The van der Waals surface area contributed by atoms with Gasteiger partial charge in [0.15, 0.2) is 11.6 Å². The summed E-state index contributed by atoms with van der Waals surface area (Å²) in [5, 5.41) is 1.04. The highest BCUT2D eigenvalue weighted by Crippen LogP contribution is 2.42. The number of thiazole rings is 1. The molecule has 1 aliphatic rings. The fourth-order valence-corrected chi connectivity index (χ4v) is 4.23. The number of aryl methyl sites for hydroxylation is 1. The molecule has 5 heteroatoms. The fourth-order valence-electron chi connectivity index (χ4n) is 3.11. The second kappa shape index (κ2) is 7.41. The van der Waals surface area contributed by atoms with Crippen molar-refractivity contribution in [2.45, 2.75) is 38.5 Å². The molecule has 1 heterocycles. The van der Waals surface area contributed by atoms with E-state index in [9.17, 15) is 4.39 Å². The fraction of sp³-hybridized carbons (Fsp3) is 0.500. The molecule has 0 bridgehead atoms. The van der Waals surface area contributed by atoms with Gasteiger partial charge in [0.1, 0.15) is 6.61 Å². The molecule has 0 N–H and O–H groups in total. The summed E-state index contributed by atoms with van der Waals surface area (Å²) in [5.74, 6) is 0.499. The number of halogens is 1. The minimum Gasteiger partial charge on any atom is -0.488 e. The van der Waals surface area contributed by atoms with Gasteiger partial charge in [-0.3, -0.25) is 0 Å². The molecule has 0 amide bonds. The smallest absolute Gasteiger partial charge is 0.165 e. The van der Waals surface area contributed by atoms with E-state index in [0.29, 0.717) is 19.1 Å². The number of hydrogen-bond acceptors (Lipinski definition) is 4. The first-order chi connectivity index (χ1) is 11.2. The predicted molar refractivity (Wildman–Crippen MR) is 90.8 cm³/mol. The second-order valence-electron chi connectivity index (χ2n) is 5.91. The summed E-state index contributed by atoms with van der Waals surface area (Å²) in [6, 6.07) is 5.13. The lowest BCUT2D eigenvalue weighted by Crippen LogP contribution is -2.05. The van der Waals surface area contributed by atoms with Gasteiger partial charge in [0.2, 0.25) is 0 Å². The Kier molecular flexibility index (Phi) is 5.28. The lowest BCUT2D eigenvalue weighted by Gasteiger charge is -2.11. The van der Waals surface area contributed by atoms with E-state index in [1.807, 2.05) is 13.0 Å². The largest absolute Gasteiger partial charge is 0.488 e. The van der Waals surface area contributed by atoms with Gasteiger partial charge >= 0.3 is 0 Å². The molecular weight excluding hydrogens is 313 g/mol. The van der Waals surface area contributed by atoms with Crippen LogP contribution < -0.4 is 4.74 Å². The maximum absolute atomic E-state index is 14.3. The Hall–Kier alpha value is -1.46. The number of nitrogens with zero attached hydrogens (tertiary/aromatic N) is 1. The third-order valence-corrected chi connectivity index (χ3v) is 5.37. The minimum absolute atomic E-state index is 0.264. The van der Waals surface area contributed by atoms with E-state index in [-0.39, 0.29) is 11.6 Å². The van der Waals surface area contributed by atoms with Crippen molar-refractivity contribution < 1.29 is 13.9 Å². The summed E-state index contributed by atoms with van der Waals surface area (Å²) in [7, 11) is 1.60. The van der Waals surface area contributed by atoms with E-state index in [2.05, 4.69) is 4.98 Å². The second-order valence-corrected chi connectivity index (χ2v) is 7.15. The van der Waals surface area contributed by atoms with E-state index in [1.165, 1.54) is 36.6 Å². The van der Waals surface area contributed by atoms with Crippen LogP contribution >= 0.6 is 11.3 Å². The zero-order valence-corrected chi connectivity index (χ0v) is 14.4. The maximum atomic E-state index is 14.3. The van der Waals surface area contributed by atoms with Crippen molar-refractivity contribution >= 4 is 11.3 Å². The first kappa shape index (κ1) is 16.4. The Balaban J connectivity index is 1.85. The maximum Gasteiger partial charge on any atom is 0.165 e. The Morgan fingerprint density at radius 3 is 2.74 bits per heavy atom.